The fourth-order valence-electron chi connectivity index (χ4n) is 1.76. The molecule has 6 heteroatoms. The minimum absolute atomic E-state index is 0.0410. The quantitative estimate of drug-likeness (QED) is 0.665. The maximum Gasteiger partial charge on any atom is 0.329 e. The van der Waals surface area contributed by atoms with Crippen molar-refractivity contribution < 1.29 is 19.4 Å². The Bertz CT molecular complexity index is 317. The number of rotatable bonds is 7. The lowest BCUT2D eigenvalue weighted by Crippen LogP contribution is -2.57. The number of hydrogen-bond acceptors (Lipinski definition) is 3. The number of urea groups is 1. The van der Waals surface area contributed by atoms with Crippen LogP contribution in [0.15, 0.2) is 0 Å². The molecule has 1 atom stereocenters. The first-order valence-corrected chi connectivity index (χ1v) is 6.26. The van der Waals surface area contributed by atoms with E-state index in [9.17, 15) is 14.7 Å². The molecular weight excluding hydrogens is 236 g/mol. The van der Waals surface area contributed by atoms with E-state index in [0.29, 0.717) is 19.8 Å². The molecule has 2 amide bonds. The number of carbonyl (C=O) groups excluding carboxylic acids is 1. The third-order valence-corrected chi connectivity index (χ3v) is 3.33. The molecule has 1 rings (SSSR count). The van der Waals surface area contributed by atoms with Gasteiger partial charge in [0.05, 0.1) is 6.61 Å². The highest BCUT2D eigenvalue weighted by Crippen LogP contribution is 2.39. The van der Waals surface area contributed by atoms with E-state index in [1.54, 1.807) is 14.0 Å². The summed E-state index contributed by atoms with van der Waals surface area (Å²) in [6.45, 7) is 4.95. The topological polar surface area (TPSA) is 78.9 Å². The van der Waals surface area contributed by atoms with Crippen molar-refractivity contribution in [3.05, 3.63) is 0 Å². The number of ether oxygens (including phenoxy) is 1. The highest BCUT2D eigenvalue weighted by molar-refractivity contribution is 5.86. The molecular formula is C12H22N2O4. The minimum Gasteiger partial charge on any atom is -0.480 e. The summed E-state index contributed by atoms with van der Waals surface area (Å²) in [4.78, 5) is 24.6. The third kappa shape index (κ3) is 3.60. The van der Waals surface area contributed by atoms with Gasteiger partial charge in [0.25, 0.3) is 0 Å². The Morgan fingerprint density at radius 3 is 2.56 bits per heavy atom. The summed E-state index contributed by atoms with van der Waals surface area (Å²) in [5, 5.41) is 11.8. The summed E-state index contributed by atoms with van der Waals surface area (Å²) in [6.07, 6.45) is 1.71. The highest BCUT2D eigenvalue weighted by atomic mass is 16.5. The molecule has 0 aromatic carbocycles. The van der Waals surface area contributed by atoms with E-state index >= 15 is 0 Å². The van der Waals surface area contributed by atoms with E-state index in [1.807, 2.05) is 6.92 Å². The maximum absolute atomic E-state index is 11.9. The van der Waals surface area contributed by atoms with Crippen molar-refractivity contribution in [2.75, 3.05) is 26.8 Å². The van der Waals surface area contributed by atoms with Gasteiger partial charge in [-0.05, 0) is 32.6 Å². The van der Waals surface area contributed by atoms with Gasteiger partial charge in [-0.15, -0.1) is 0 Å². The lowest BCUT2D eigenvalue weighted by Gasteiger charge is -2.29. The molecule has 0 aromatic rings. The van der Waals surface area contributed by atoms with Crippen LogP contribution >= 0.6 is 0 Å². The molecule has 0 aromatic heterocycles. The SMILES string of the molecule is CCOCCN(C)C(=O)NC(C)(C(=O)O)C1CC1. The average Bonchev–Trinajstić information content (AvgIpc) is 3.12. The van der Waals surface area contributed by atoms with Crippen molar-refractivity contribution in [1.82, 2.24) is 10.2 Å². The van der Waals surface area contributed by atoms with Gasteiger partial charge in [-0.2, -0.15) is 0 Å². The molecule has 18 heavy (non-hydrogen) atoms. The number of nitrogens with one attached hydrogen (secondary N) is 1. The van der Waals surface area contributed by atoms with Crippen LogP contribution in [0, 0.1) is 5.92 Å². The van der Waals surface area contributed by atoms with Gasteiger partial charge in [-0.3, -0.25) is 0 Å². The first-order chi connectivity index (χ1) is 8.41. The zero-order valence-electron chi connectivity index (χ0n) is 11.2. The molecule has 0 saturated heterocycles. The van der Waals surface area contributed by atoms with Gasteiger partial charge in [-0.25, -0.2) is 9.59 Å². The minimum atomic E-state index is -1.16. The third-order valence-electron chi connectivity index (χ3n) is 3.33. The van der Waals surface area contributed by atoms with Crippen LogP contribution in [0.2, 0.25) is 0 Å². The number of amides is 2. The van der Waals surface area contributed by atoms with E-state index in [4.69, 9.17) is 4.74 Å². The molecule has 0 spiro atoms. The number of nitrogens with zero attached hydrogens (tertiary/aromatic N) is 1. The van der Waals surface area contributed by atoms with Crippen LogP contribution in [0.3, 0.4) is 0 Å². The molecule has 1 unspecified atom stereocenters. The normalized spacial score (nSPS) is 17.9. The predicted octanol–water partition coefficient (Wildman–Crippen LogP) is 0.918. The zero-order chi connectivity index (χ0) is 13.8. The monoisotopic (exact) mass is 258 g/mol. The standard InChI is InChI=1S/C12H22N2O4/c1-4-18-8-7-14(3)11(17)13-12(2,10(15)16)9-5-6-9/h9H,4-8H2,1-3H3,(H,13,17)(H,15,16). The Hall–Kier alpha value is -1.30. The van der Waals surface area contributed by atoms with Crippen molar-refractivity contribution in [3.8, 4) is 0 Å². The van der Waals surface area contributed by atoms with Crippen molar-refractivity contribution >= 4 is 12.0 Å². The van der Waals surface area contributed by atoms with Crippen LogP contribution in [0.1, 0.15) is 26.7 Å². The molecule has 6 nitrogen and oxygen atoms in total. The Morgan fingerprint density at radius 2 is 2.11 bits per heavy atom. The predicted molar refractivity (Wildman–Crippen MR) is 66.4 cm³/mol. The summed E-state index contributed by atoms with van der Waals surface area (Å²) in [7, 11) is 1.63. The fourth-order valence-corrected chi connectivity index (χ4v) is 1.76. The van der Waals surface area contributed by atoms with E-state index in [1.165, 1.54) is 4.90 Å². The van der Waals surface area contributed by atoms with Crippen LogP contribution in [-0.2, 0) is 9.53 Å². The Labute approximate surface area is 107 Å². The van der Waals surface area contributed by atoms with Gasteiger partial charge in [0.15, 0.2) is 0 Å². The van der Waals surface area contributed by atoms with Gasteiger partial charge in [0.1, 0.15) is 5.54 Å². The van der Waals surface area contributed by atoms with Crippen LogP contribution in [0.25, 0.3) is 0 Å². The van der Waals surface area contributed by atoms with Crippen molar-refractivity contribution in [2.45, 2.75) is 32.2 Å². The van der Waals surface area contributed by atoms with E-state index in [-0.39, 0.29) is 11.9 Å². The van der Waals surface area contributed by atoms with Crippen molar-refractivity contribution in [2.24, 2.45) is 5.92 Å². The molecule has 0 heterocycles. The van der Waals surface area contributed by atoms with Crippen LogP contribution in [-0.4, -0.2) is 54.4 Å². The maximum atomic E-state index is 11.9. The largest absolute Gasteiger partial charge is 0.480 e. The molecule has 0 radical (unpaired) electrons. The molecule has 1 aliphatic carbocycles. The molecule has 1 saturated carbocycles. The van der Waals surface area contributed by atoms with Crippen molar-refractivity contribution in [3.63, 3.8) is 0 Å². The second-order valence-corrected chi connectivity index (χ2v) is 4.83. The first kappa shape index (κ1) is 14.8. The lowest BCUT2D eigenvalue weighted by atomic mass is 9.96. The number of likely N-dealkylation sites (N-methyl/N-ethyl adjacent to an activating group) is 1. The molecule has 104 valence electrons. The molecule has 1 aliphatic rings. The summed E-state index contributed by atoms with van der Waals surface area (Å²) in [5.74, 6) is -0.934. The van der Waals surface area contributed by atoms with Gasteiger partial charge >= 0.3 is 12.0 Å². The van der Waals surface area contributed by atoms with Gasteiger partial charge in [-0.1, -0.05) is 0 Å². The number of hydrogen-bond donors (Lipinski definition) is 2. The lowest BCUT2D eigenvalue weighted by molar-refractivity contribution is -0.144. The van der Waals surface area contributed by atoms with E-state index in [0.717, 1.165) is 12.8 Å². The summed E-state index contributed by atoms with van der Waals surface area (Å²) in [6, 6.07) is -0.369. The zero-order valence-corrected chi connectivity index (χ0v) is 11.2. The number of carboxylic acid groups (broad SMARTS) is 1. The second kappa shape index (κ2) is 6.04. The van der Waals surface area contributed by atoms with Gasteiger partial charge in [0.2, 0.25) is 0 Å². The molecule has 1 fully saturated rings. The van der Waals surface area contributed by atoms with Crippen LogP contribution in [0.4, 0.5) is 4.79 Å². The summed E-state index contributed by atoms with van der Waals surface area (Å²) in [5.41, 5.74) is -1.16. The number of carbonyl (C=O) groups is 2. The van der Waals surface area contributed by atoms with Gasteiger partial charge in [0, 0.05) is 20.2 Å². The van der Waals surface area contributed by atoms with Crippen molar-refractivity contribution in [1.29, 1.82) is 0 Å². The fraction of sp³-hybridized carbons (Fsp3) is 0.833. The van der Waals surface area contributed by atoms with Crippen LogP contribution < -0.4 is 5.32 Å². The summed E-state index contributed by atoms with van der Waals surface area (Å²) < 4.78 is 5.15. The number of carboxylic acids is 1. The molecule has 0 bridgehead atoms. The van der Waals surface area contributed by atoms with E-state index in [2.05, 4.69) is 5.32 Å². The molecule has 0 aliphatic heterocycles. The second-order valence-electron chi connectivity index (χ2n) is 4.83. The average molecular weight is 258 g/mol. The Morgan fingerprint density at radius 1 is 1.50 bits per heavy atom. The van der Waals surface area contributed by atoms with Crippen LogP contribution in [0.5, 0.6) is 0 Å². The Kier molecular flexibility index (Phi) is 4.95. The molecule has 2 N–H and O–H groups in total. The Balaban J connectivity index is 2.48. The highest BCUT2D eigenvalue weighted by Gasteiger charge is 2.48. The smallest absolute Gasteiger partial charge is 0.329 e. The number of aliphatic carboxylic acids is 1. The van der Waals surface area contributed by atoms with E-state index < -0.39 is 11.5 Å². The summed E-state index contributed by atoms with van der Waals surface area (Å²) >= 11 is 0. The first-order valence-electron chi connectivity index (χ1n) is 6.26. The van der Waals surface area contributed by atoms with Gasteiger partial charge < -0.3 is 20.1 Å².